The number of halogens is 3. The SMILES string of the molecule is CCC(N)COc1ccc(F)c(F)c1.Cl. The van der Waals surface area contributed by atoms with Gasteiger partial charge < -0.3 is 10.5 Å². The lowest BCUT2D eigenvalue weighted by molar-refractivity contribution is 0.283. The third-order valence-electron chi connectivity index (χ3n) is 1.88. The molecule has 1 aromatic carbocycles. The summed E-state index contributed by atoms with van der Waals surface area (Å²) < 4.78 is 30.4. The number of ether oxygens (including phenoxy) is 1. The second kappa shape index (κ2) is 6.58. The van der Waals surface area contributed by atoms with E-state index in [1.165, 1.54) is 6.07 Å². The second-order valence-corrected chi connectivity index (χ2v) is 3.06. The van der Waals surface area contributed by atoms with Gasteiger partial charge in [0.15, 0.2) is 11.6 Å². The normalized spacial score (nSPS) is 11.7. The number of benzene rings is 1. The highest BCUT2D eigenvalue weighted by Crippen LogP contribution is 2.15. The highest BCUT2D eigenvalue weighted by Gasteiger charge is 2.04. The van der Waals surface area contributed by atoms with E-state index in [9.17, 15) is 8.78 Å². The standard InChI is InChI=1S/C10H13F2NO.ClH/c1-2-7(13)6-14-8-3-4-9(11)10(12)5-8;/h3-5,7H,2,6,13H2,1H3;1H. The number of hydrogen-bond acceptors (Lipinski definition) is 2. The van der Waals surface area contributed by atoms with Crippen LogP contribution in [0.15, 0.2) is 18.2 Å². The molecule has 0 aliphatic heterocycles. The Morgan fingerprint density at radius 1 is 1.33 bits per heavy atom. The number of hydrogen-bond donors (Lipinski definition) is 1. The Hall–Kier alpha value is -0.870. The van der Waals surface area contributed by atoms with Gasteiger partial charge in [-0.05, 0) is 18.6 Å². The fourth-order valence-electron chi connectivity index (χ4n) is 0.888. The van der Waals surface area contributed by atoms with Crippen LogP contribution in [-0.4, -0.2) is 12.6 Å². The van der Waals surface area contributed by atoms with Crippen LogP contribution in [0, 0.1) is 11.6 Å². The lowest BCUT2D eigenvalue weighted by atomic mass is 10.2. The van der Waals surface area contributed by atoms with Gasteiger partial charge in [0.05, 0.1) is 0 Å². The fourth-order valence-corrected chi connectivity index (χ4v) is 0.888. The molecular formula is C10H14ClF2NO. The first-order valence-electron chi connectivity index (χ1n) is 4.47. The molecule has 1 unspecified atom stereocenters. The van der Waals surface area contributed by atoms with Gasteiger partial charge in [-0.2, -0.15) is 0 Å². The molecule has 0 saturated heterocycles. The first kappa shape index (κ1) is 14.1. The average Bonchev–Trinajstić information content (AvgIpc) is 2.19. The van der Waals surface area contributed by atoms with Gasteiger partial charge in [0.2, 0.25) is 0 Å². The summed E-state index contributed by atoms with van der Waals surface area (Å²) in [6.07, 6.45) is 0.781. The molecule has 1 aromatic rings. The first-order valence-corrected chi connectivity index (χ1v) is 4.47. The zero-order valence-corrected chi connectivity index (χ0v) is 9.19. The summed E-state index contributed by atoms with van der Waals surface area (Å²) in [7, 11) is 0. The molecule has 15 heavy (non-hydrogen) atoms. The molecule has 0 aromatic heterocycles. The van der Waals surface area contributed by atoms with Crippen molar-refractivity contribution in [1.29, 1.82) is 0 Å². The predicted octanol–water partition coefficient (Wildman–Crippen LogP) is 2.50. The molecule has 1 rings (SSSR count). The van der Waals surface area contributed by atoms with Crippen molar-refractivity contribution in [2.75, 3.05) is 6.61 Å². The maximum absolute atomic E-state index is 12.7. The van der Waals surface area contributed by atoms with E-state index in [2.05, 4.69) is 0 Å². The van der Waals surface area contributed by atoms with Crippen molar-refractivity contribution in [3.63, 3.8) is 0 Å². The largest absolute Gasteiger partial charge is 0.492 e. The van der Waals surface area contributed by atoms with Crippen molar-refractivity contribution in [3.8, 4) is 5.75 Å². The molecular weight excluding hydrogens is 224 g/mol. The maximum Gasteiger partial charge on any atom is 0.162 e. The van der Waals surface area contributed by atoms with Gasteiger partial charge in [0, 0.05) is 12.1 Å². The van der Waals surface area contributed by atoms with Crippen LogP contribution in [0.3, 0.4) is 0 Å². The number of nitrogens with two attached hydrogens (primary N) is 1. The van der Waals surface area contributed by atoms with Crippen LogP contribution in [0.1, 0.15) is 13.3 Å². The van der Waals surface area contributed by atoms with Gasteiger partial charge in [-0.1, -0.05) is 6.92 Å². The van der Waals surface area contributed by atoms with Gasteiger partial charge in [0.1, 0.15) is 12.4 Å². The summed E-state index contributed by atoms with van der Waals surface area (Å²) in [4.78, 5) is 0. The minimum Gasteiger partial charge on any atom is -0.492 e. The molecule has 5 heteroatoms. The third kappa shape index (κ3) is 4.44. The van der Waals surface area contributed by atoms with E-state index in [1.807, 2.05) is 6.92 Å². The average molecular weight is 238 g/mol. The Kier molecular flexibility index (Phi) is 6.20. The molecule has 2 nitrogen and oxygen atoms in total. The summed E-state index contributed by atoms with van der Waals surface area (Å²) >= 11 is 0. The Morgan fingerprint density at radius 3 is 2.53 bits per heavy atom. The Morgan fingerprint density at radius 2 is 2.00 bits per heavy atom. The van der Waals surface area contributed by atoms with E-state index in [0.717, 1.165) is 18.6 Å². The topological polar surface area (TPSA) is 35.2 Å². The van der Waals surface area contributed by atoms with Crippen molar-refractivity contribution in [2.24, 2.45) is 5.73 Å². The van der Waals surface area contributed by atoms with Crippen LogP contribution in [0.25, 0.3) is 0 Å². The molecule has 86 valence electrons. The van der Waals surface area contributed by atoms with Gasteiger partial charge >= 0.3 is 0 Å². The quantitative estimate of drug-likeness (QED) is 0.873. The first-order chi connectivity index (χ1) is 6.63. The van der Waals surface area contributed by atoms with Crippen LogP contribution >= 0.6 is 12.4 Å². The summed E-state index contributed by atoms with van der Waals surface area (Å²) in [5.74, 6) is -1.49. The maximum atomic E-state index is 12.7. The lowest BCUT2D eigenvalue weighted by Gasteiger charge is -2.10. The Balaban J connectivity index is 0.00000196. The van der Waals surface area contributed by atoms with Crippen LogP contribution in [0.2, 0.25) is 0 Å². The molecule has 2 N–H and O–H groups in total. The molecule has 1 atom stereocenters. The summed E-state index contributed by atoms with van der Waals surface area (Å²) in [5, 5.41) is 0. The molecule has 0 fully saturated rings. The molecule has 0 saturated carbocycles. The summed E-state index contributed by atoms with van der Waals surface area (Å²) in [6, 6.07) is 3.34. The lowest BCUT2D eigenvalue weighted by Crippen LogP contribution is -2.26. The van der Waals surface area contributed by atoms with Crippen molar-refractivity contribution < 1.29 is 13.5 Å². The highest BCUT2D eigenvalue weighted by molar-refractivity contribution is 5.85. The monoisotopic (exact) mass is 237 g/mol. The fraction of sp³-hybridized carbons (Fsp3) is 0.400. The van der Waals surface area contributed by atoms with E-state index in [1.54, 1.807) is 0 Å². The van der Waals surface area contributed by atoms with Gasteiger partial charge in [-0.25, -0.2) is 8.78 Å². The van der Waals surface area contributed by atoms with Crippen molar-refractivity contribution in [1.82, 2.24) is 0 Å². The molecule has 0 radical (unpaired) electrons. The molecule has 0 amide bonds. The predicted molar refractivity (Wildman–Crippen MR) is 57.4 cm³/mol. The van der Waals surface area contributed by atoms with E-state index in [-0.39, 0.29) is 18.4 Å². The summed E-state index contributed by atoms with van der Waals surface area (Å²) in [5.41, 5.74) is 5.60. The van der Waals surface area contributed by atoms with Crippen molar-refractivity contribution >= 4 is 12.4 Å². The Labute approximate surface area is 93.8 Å². The van der Waals surface area contributed by atoms with E-state index in [0.29, 0.717) is 12.4 Å². The zero-order valence-electron chi connectivity index (χ0n) is 8.37. The van der Waals surface area contributed by atoms with Gasteiger partial charge in [-0.3, -0.25) is 0 Å². The zero-order chi connectivity index (χ0) is 10.6. The van der Waals surface area contributed by atoms with E-state index in [4.69, 9.17) is 10.5 Å². The van der Waals surface area contributed by atoms with Crippen LogP contribution in [-0.2, 0) is 0 Å². The van der Waals surface area contributed by atoms with Crippen molar-refractivity contribution in [2.45, 2.75) is 19.4 Å². The van der Waals surface area contributed by atoms with Crippen LogP contribution in [0.4, 0.5) is 8.78 Å². The van der Waals surface area contributed by atoms with Gasteiger partial charge in [0.25, 0.3) is 0 Å². The van der Waals surface area contributed by atoms with Crippen LogP contribution in [0.5, 0.6) is 5.75 Å². The second-order valence-electron chi connectivity index (χ2n) is 3.06. The minimum atomic E-state index is -0.910. The van der Waals surface area contributed by atoms with Gasteiger partial charge in [-0.15, -0.1) is 12.4 Å². The minimum absolute atomic E-state index is 0. The molecule has 0 spiro atoms. The molecule has 0 bridgehead atoms. The highest BCUT2D eigenvalue weighted by atomic mass is 35.5. The third-order valence-corrected chi connectivity index (χ3v) is 1.88. The smallest absolute Gasteiger partial charge is 0.162 e. The van der Waals surface area contributed by atoms with Crippen molar-refractivity contribution in [3.05, 3.63) is 29.8 Å². The van der Waals surface area contributed by atoms with E-state index < -0.39 is 11.6 Å². The molecule has 0 aliphatic carbocycles. The van der Waals surface area contributed by atoms with Crippen LogP contribution < -0.4 is 10.5 Å². The molecule has 0 heterocycles. The Bertz CT molecular complexity index is 309. The van der Waals surface area contributed by atoms with E-state index >= 15 is 0 Å². The molecule has 0 aliphatic rings. The number of rotatable bonds is 4. The summed E-state index contributed by atoms with van der Waals surface area (Å²) in [6.45, 7) is 2.24.